The predicted octanol–water partition coefficient (Wildman–Crippen LogP) is 2.44. The van der Waals surface area contributed by atoms with Crippen LogP contribution in [0, 0.1) is 10.1 Å². The Balaban J connectivity index is 0.00000289. The molecule has 1 atom stereocenters. The first-order valence-electron chi connectivity index (χ1n) is 5.47. The van der Waals surface area contributed by atoms with Gasteiger partial charge in [0.25, 0.3) is 5.69 Å². The highest BCUT2D eigenvalue weighted by Crippen LogP contribution is 2.17. The number of aliphatic hydroxyl groups excluding tert-OH is 1. The Kier molecular flexibility index (Phi) is 6.25. The zero-order chi connectivity index (χ0) is 13.1. The van der Waals surface area contributed by atoms with Crippen LogP contribution in [0.4, 0.5) is 5.69 Å². The number of β-amino-alcohol motifs (C(OH)–C–C–N with tert-alkyl or cyclic N) is 1. The van der Waals surface area contributed by atoms with Gasteiger partial charge in [0, 0.05) is 24.2 Å². The highest BCUT2D eigenvalue weighted by atomic mass is 35.5. The molecule has 0 saturated carbocycles. The van der Waals surface area contributed by atoms with Gasteiger partial charge < -0.3 is 10.4 Å². The van der Waals surface area contributed by atoms with Crippen molar-refractivity contribution in [2.45, 2.75) is 32.4 Å². The number of nitrogens with zero attached hydrogens (tertiary/aromatic N) is 1. The van der Waals surface area contributed by atoms with Crippen molar-refractivity contribution in [2.24, 2.45) is 0 Å². The van der Waals surface area contributed by atoms with Crippen molar-refractivity contribution in [2.75, 3.05) is 6.54 Å². The largest absolute Gasteiger partial charge is 0.387 e. The van der Waals surface area contributed by atoms with Gasteiger partial charge in [0.15, 0.2) is 0 Å². The summed E-state index contributed by atoms with van der Waals surface area (Å²) in [4.78, 5) is 10.0. The minimum Gasteiger partial charge on any atom is -0.387 e. The highest BCUT2D eigenvalue weighted by Gasteiger charge is 2.14. The fourth-order valence-corrected chi connectivity index (χ4v) is 1.34. The summed E-state index contributed by atoms with van der Waals surface area (Å²) in [5.74, 6) is 0. The molecule has 1 aromatic rings. The number of hydrogen-bond donors (Lipinski definition) is 2. The SMILES string of the molecule is CC(C)(C)NCC(O)c1ccc([N+](=O)[O-])cc1.Cl. The number of halogens is 1. The lowest BCUT2D eigenvalue weighted by Crippen LogP contribution is -2.38. The molecule has 0 spiro atoms. The number of nitro groups is 1. The molecule has 6 heteroatoms. The van der Waals surface area contributed by atoms with Crippen molar-refractivity contribution in [3.63, 3.8) is 0 Å². The van der Waals surface area contributed by atoms with Gasteiger partial charge in [-0.3, -0.25) is 10.1 Å². The van der Waals surface area contributed by atoms with Crippen LogP contribution in [0.15, 0.2) is 24.3 Å². The van der Waals surface area contributed by atoms with Gasteiger partial charge >= 0.3 is 0 Å². The van der Waals surface area contributed by atoms with E-state index in [2.05, 4.69) is 5.32 Å². The Morgan fingerprint density at radius 1 is 1.33 bits per heavy atom. The van der Waals surface area contributed by atoms with Gasteiger partial charge in [-0.2, -0.15) is 0 Å². The second-order valence-electron chi connectivity index (χ2n) is 5.00. The first kappa shape index (κ1) is 16.8. The summed E-state index contributed by atoms with van der Waals surface area (Å²) in [6, 6.07) is 5.95. The second-order valence-corrected chi connectivity index (χ2v) is 5.00. The van der Waals surface area contributed by atoms with Crippen LogP contribution in [0.3, 0.4) is 0 Å². The van der Waals surface area contributed by atoms with Crippen LogP contribution < -0.4 is 5.32 Å². The quantitative estimate of drug-likeness (QED) is 0.653. The monoisotopic (exact) mass is 274 g/mol. The minimum absolute atomic E-state index is 0. The Morgan fingerprint density at radius 3 is 2.22 bits per heavy atom. The third kappa shape index (κ3) is 5.44. The topological polar surface area (TPSA) is 75.4 Å². The van der Waals surface area contributed by atoms with Gasteiger partial charge in [0.1, 0.15) is 0 Å². The summed E-state index contributed by atoms with van der Waals surface area (Å²) in [5.41, 5.74) is 0.638. The lowest BCUT2D eigenvalue weighted by molar-refractivity contribution is -0.384. The van der Waals surface area contributed by atoms with Crippen LogP contribution in [0.2, 0.25) is 0 Å². The Labute approximate surface area is 113 Å². The Hall–Kier alpha value is -1.17. The summed E-state index contributed by atoms with van der Waals surface area (Å²) in [6.07, 6.45) is -0.657. The third-order valence-corrected chi connectivity index (χ3v) is 2.31. The minimum atomic E-state index is -0.657. The maximum Gasteiger partial charge on any atom is 0.269 e. The molecule has 102 valence electrons. The zero-order valence-corrected chi connectivity index (χ0v) is 11.5. The Bertz CT molecular complexity index is 387. The molecule has 1 unspecified atom stereocenters. The van der Waals surface area contributed by atoms with E-state index in [4.69, 9.17) is 0 Å². The normalized spacial score (nSPS) is 12.7. The zero-order valence-electron chi connectivity index (χ0n) is 10.7. The van der Waals surface area contributed by atoms with Crippen molar-refractivity contribution in [1.29, 1.82) is 0 Å². The maximum atomic E-state index is 10.5. The van der Waals surface area contributed by atoms with Crippen LogP contribution in [0.25, 0.3) is 0 Å². The molecule has 0 aliphatic carbocycles. The molecule has 0 saturated heterocycles. The molecule has 0 aromatic heterocycles. The number of non-ortho nitro benzene ring substituents is 1. The summed E-state index contributed by atoms with van der Waals surface area (Å²) in [6.45, 7) is 6.45. The highest BCUT2D eigenvalue weighted by molar-refractivity contribution is 5.85. The molecule has 5 nitrogen and oxygen atoms in total. The van der Waals surface area contributed by atoms with Crippen LogP contribution in [0.1, 0.15) is 32.4 Å². The standard InChI is InChI=1S/C12H18N2O3.ClH/c1-12(2,3)13-8-11(15)9-4-6-10(7-5-9)14(16)17;/h4-7,11,13,15H,8H2,1-3H3;1H. The molecule has 1 rings (SSSR count). The van der Waals surface area contributed by atoms with E-state index in [-0.39, 0.29) is 23.6 Å². The summed E-state index contributed by atoms with van der Waals surface area (Å²) < 4.78 is 0. The predicted molar refractivity (Wildman–Crippen MR) is 73.1 cm³/mol. The van der Waals surface area contributed by atoms with E-state index in [0.29, 0.717) is 12.1 Å². The number of nitro benzene ring substituents is 1. The molecule has 2 N–H and O–H groups in total. The van der Waals surface area contributed by atoms with E-state index in [9.17, 15) is 15.2 Å². The maximum absolute atomic E-state index is 10.5. The fourth-order valence-electron chi connectivity index (χ4n) is 1.34. The molecule has 0 fully saturated rings. The first-order valence-corrected chi connectivity index (χ1v) is 5.47. The van der Waals surface area contributed by atoms with E-state index < -0.39 is 11.0 Å². The average Bonchev–Trinajstić information content (AvgIpc) is 2.25. The molecule has 1 aromatic carbocycles. The summed E-state index contributed by atoms with van der Waals surface area (Å²) >= 11 is 0. The third-order valence-electron chi connectivity index (χ3n) is 2.31. The average molecular weight is 275 g/mol. The van der Waals surface area contributed by atoms with Crippen LogP contribution in [-0.4, -0.2) is 22.1 Å². The molecule has 0 aliphatic heterocycles. The van der Waals surface area contributed by atoms with Gasteiger partial charge in [-0.15, -0.1) is 12.4 Å². The molecule has 0 amide bonds. The summed E-state index contributed by atoms with van der Waals surface area (Å²) in [7, 11) is 0. The molecule has 0 bridgehead atoms. The molecule has 0 radical (unpaired) electrons. The van der Waals surface area contributed by atoms with Crippen LogP contribution in [-0.2, 0) is 0 Å². The molecular weight excluding hydrogens is 256 g/mol. The molecular formula is C12H19ClN2O3. The second kappa shape index (κ2) is 6.68. The van der Waals surface area contributed by atoms with Crippen molar-refractivity contribution < 1.29 is 10.0 Å². The lowest BCUT2D eigenvalue weighted by Gasteiger charge is -2.23. The van der Waals surface area contributed by atoms with Crippen molar-refractivity contribution >= 4 is 18.1 Å². The molecule has 0 heterocycles. The van der Waals surface area contributed by atoms with Gasteiger partial charge in [-0.05, 0) is 38.5 Å². The van der Waals surface area contributed by atoms with Crippen molar-refractivity contribution in [3.8, 4) is 0 Å². The van der Waals surface area contributed by atoms with E-state index in [1.54, 1.807) is 12.1 Å². The Morgan fingerprint density at radius 2 is 1.83 bits per heavy atom. The smallest absolute Gasteiger partial charge is 0.269 e. The van der Waals surface area contributed by atoms with Crippen molar-refractivity contribution in [1.82, 2.24) is 5.32 Å². The fraction of sp³-hybridized carbons (Fsp3) is 0.500. The molecule has 0 aliphatic rings. The first-order chi connectivity index (χ1) is 7.79. The van der Waals surface area contributed by atoms with Crippen LogP contribution in [0.5, 0.6) is 0 Å². The van der Waals surface area contributed by atoms with E-state index in [1.165, 1.54) is 12.1 Å². The van der Waals surface area contributed by atoms with Gasteiger partial charge in [-0.1, -0.05) is 0 Å². The van der Waals surface area contributed by atoms with E-state index >= 15 is 0 Å². The number of benzene rings is 1. The van der Waals surface area contributed by atoms with Gasteiger partial charge in [-0.25, -0.2) is 0 Å². The lowest BCUT2D eigenvalue weighted by atomic mass is 10.1. The van der Waals surface area contributed by atoms with Crippen molar-refractivity contribution in [3.05, 3.63) is 39.9 Å². The van der Waals surface area contributed by atoms with E-state index in [1.807, 2.05) is 20.8 Å². The van der Waals surface area contributed by atoms with Crippen LogP contribution >= 0.6 is 12.4 Å². The summed E-state index contributed by atoms with van der Waals surface area (Å²) in [5, 5.41) is 23.5. The number of hydrogen-bond acceptors (Lipinski definition) is 4. The van der Waals surface area contributed by atoms with Gasteiger partial charge in [0.2, 0.25) is 0 Å². The number of nitrogens with one attached hydrogen (secondary N) is 1. The number of aliphatic hydroxyl groups is 1. The molecule has 18 heavy (non-hydrogen) atoms. The van der Waals surface area contributed by atoms with E-state index in [0.717, 1.165) is 0 Å². The number of rotatable bonds is 4. The van der Waals surface area contributed by atoms with Gasteiger partial charge in [0.05, 0.1) is 11.0 Å².